The molecule has 0 spiro atoms. The zero-order valence-electron chi connectivity index (χ0n) is 25.5. The van der Waals surface area contributed by atoms with Crippen molar-refractivity contribution in [3.63, 3.8) is 0 Å². The average Bonchev–Trinajstić information content (AvgIpc) is 3.18. The number of pyridine rings is 2. The maximum atomic E-state index is 16.9. The predicted octanol–water partition coefficient (Wildman–Crippen LogP) is 6.05. The molecule has 2 aliphatic rings. The lowest BCUT2D eigenvalue weighted by Crippen LogP contribution is -2.35. The Balaban J connectivity index is 1.59. The third kappa shape index (κ3) is 5.79. The van der Waals surface area contributed by atoms with Crippen molar-refractivity contribution in [2.24, 2.45) is 5.92 Å². The number of nitrogen functional groups attached to an aromatic ring is 2. The van der Waals surface area contributed by atoms with Gasteiger partial charge in [-0.05, 0) is 58.0 Å². The van der Waals surface area contributed by atoms with E-state index in [1.54, 1.807) is 12.3 Å². The minimum Gasteiger partial charge on any atom is -0.489 e. The number of piperidine rings is 1. The van der Waals surface area contributed by atoms with Gasteiger partial charge in [0.2, 0.25) is 0 Å². The molecular weight excluding hydrogens is 628 g/mol. The molecule has 1 aromatic carbocycles. The number of hydrogen-bond acceptors (Lipinski definition) is 10. The molecule has 244 valence electrons. The van der Waals surface area contributed by atoms with E-state index in [2.05, 4.69) is 19.9 Å². The normalized spacial score (nSPS) is 17.9. The van der Waals surface area contributed by atoms with Gasteiger partial charge in [0.25, 0.3) is 0 Å². The van der Waals surface area contributed by atoms with Crippen LogP contribution in [0.1, 0.15) is 42.5 Å². The molecule has 0 aliphatic carbocycles. The number of aromatic nitrogens is 4. The van der Waals surface area contributed by atoms with Crippen molar-refractivity contribution in [1.82, 2.24) is 24.8 Å². The van der Waals surface area contributed by atoms with Crippen LogP contribution in [0.25, 0.3) is 22.2 Å². The summed E-state index contributed by atoms with van der Waals surface area (Å²) in [6.45, 7) is 5.41. The Bertz CT molecular complexity index is 1810. The van der Waals surface area contributed by atoms with Crippen molar-refractivity contribution in [3.8, 4) is 23.0 Å². The summed E-state index contributed by atoms with van der Waals surface area (Å²) in [5.74, 6) is -0.749. The summed E-state index contributed by atoms with van der Waals surface area (Å²) < 4.78 is 72.1. The number of anilines is 3. The average molecular weight is 661 g/mol. The summed E-state index contributed by atoms with van der Waals surface area (Å²) >= 11 is 6.77. The van der Waals surface area contributed by atoms with Crippen LogP contribution in [0.3, 0.4) is 0 Å². The van der Waals surface area contributed by atoms with Crippen LogP contribution in [0.5, 0.6) is 11.8 Å². The number of likely N-dealkylation sites (tertiary alicyclic amines) is 1. The van der Waals surface area contributed by atoms with Crippen molar-refractivity contribution in [2.75, 3.05) is 56.3 Å². The maximum absolute atomic E-state index is 16.9. The molecule has 1 fully saturated rings. The zero-order valence-corrected chi connectivity index (χ0v) is 26.2. The number of rotatable bonds is 6. The van der Waals surface area contributed by atoms with Gasteiger partial charge in [-0.1, -0.05) is 17.7 Å². The van der Waals surface area contributed by atoms with Crippen molar-refractivity contribution >= 4 is 40.0 Å². The van der Waals surface area contributed by atoms with Crippen LogP contribution in [-0.2, 0) is 6.18 Å². The third-order valence-corrected chi connectivity index (χ3v) is 8.87. The lowest BCUT2D eigenvalue weighted by atomic mass is 9.98. The highest BCUT2D eigenvalue weighted by Crippen LogP contribution is 2.51. The number of alkyl halides is 3. The summed E-state index contributed by atoms with van der Waals surface area (Å²) in [4.78, 5) is 21.3. The van der Waals surface area contributed by atoms with Gasteiger partial charge < -0.3 is 30.7 Å². The number of halogens is 5. The molecule has 2 atom stereocenters. The van der Waals surface area contributed by atoms with E-state index in [1.165, 1.54) is 6.92 Å². The van der Waals surface area contributed by atoms with E-state index in [0.717, 1.165) is 32.0 Å². The first-order chi connectivity index (χ1) is 21.8. The number of ether oxygens (including phenoxy) is 2. The van der Waals surface area contributed by atoms with Gasteiger partial charge in [0.1, 0.15) is 29.6 Å². The summed E-state index contributed by atoms with van der Waals surface area (Å²) in [6, 6.07) is 4.07. The molecule has 4 aromatic rings. The van der Waals surface area contributed by atoms with Crippen molar-refractivity contribution in [1.29, 1.82) is 0 Å². The van der Waals surface area contributed by atoms with E-state index in [0.29, 0.717) is 11.4 Å². The molecule has 4 N–H and O–H groups in total. The van der Waals surface area contributed by atoms with Gasteiger partial charge in [-0.15, -0.1) is 0 Å². The molecule has 3 aromatic heterocycles. The van der Waals surface area contributed by atoms with Gasteiger partial charge in [-0.3, -0.25) is 0 Å². The number of hydrogen-bond donors (Lipinski definition) is 2. The number of aryl methyl sites for hydroxylation is 1. The number of nitrogens with two attached hydrogens (primary N) is 2. The third-order valence-electron chi connectivity index (χ3n) is 8.51. The number of benzene rings is 1. The van der Waals surface area contributed by atoms with Crippen LogP contribution >= 0.6 is 11.6 Å². The lowest BCUT2D eigenvalue weighted by molar-refractivity contribution is -0.137. The van der Waals surface area contributed by atoms with Gasteiger partial charge in [0, 0.05) is 24.2 Å². The SMILES string of the molecule is Cc1cc(N)nc(-c2c(Cl)c3c4c(nc(OC[C@@H]5CCCN(C)C5)nc4c2F)N([C@H](C)c2cccnc2N)CCO3)c1C(F)(F)F. The Hall–Kier alpha value is -4.17. The van der Waals surface area contributed by atoms with Gasteiger partial charge >= 0.3 is 12.2 Å². The fourth-order valence-electron chi connectivity index (χ4n) is 6.37. The fraction of sp³-hybridized carbons (Fsp3) is 0.419. The summed E-state index contributed by atoms with van der Waals surface area (Å²) in [5.41, 5.74) is 9.64. The van der Waals surface area contributed by atoms with Gasteiger partial charge in [-0.25, -0.2) is 14.4 Å². The lowest BCUT2D eigenvalue weighted by Gasteiger charge is -2.31. The quantitative estimate of drug-likeness (QED) is 0.236. The van der Waals surface area contributed by atoms with Crippen molar-refractivity contribution in [3.05, 3.63) is 51.9 Å². The smallest absolute Gasteiger partial charge is 0.418 e. The Morgan fingerprint density at radius 1 is 1.20 bits per heavy atom. The van der Waals surface area contributed by atoms with Crippen molar-refractivity contribution in [2.45, 2.75) is 38.9 Å². The van der Waals surface area contributed by atoms with Gasteiger partial charge in [0.05, 0.1) is 46.4 Å². The molecule has 0 saturated carbocycles. The summed E-state index contributed by atoms with van der Waals surface area (Å²) in [7, 11) is 2.03. The molecule has 0 radical (unpaired) electrons. The molecular formula is C31H33ClF4N8O2. The van der Waals surface area contributed by atoms with E-state index < -0.39 is 39.9 Å². The van der Waals surface area contributed by atoms with Crippen LogP contribution < -0.4 is 25.8 Å². The minimum atomic E-state index is -4.89. The first kappa shape index (κ1) is 31.8. The van der Waals surface area contributed by atoms with E-state index in [9.17, 15) is 13.2 Å². The Morgan fingerprint density at radius 2 is 1.98 bits per heavy atom. The molecule has 6 rings (SSSR count). The Morgan fingerprint density at radius 3 is 2.70 bits per heavy atom. The van der Waals surface area contributed by atoms with E-state index >= 15 is 4.39 Å². The largest absolute Gasteiger partial charge is 0.489 e. The van der Waals surface area contributed by atoms with Crippen LogP contribution in [0.2, 0.25) is 5.02 Å². The maximum Gasteiger partial charge on any atom is 0.418 e. The minimum absolute atomic E-state index is 0.0286. The van der Waals surface area contributed by atoms with Crippen LogP contribution in [0.15, 0.2) is 24.4 Å². The van der Waals surface area contributed by atoms with E-state index in [-0.39, 0.29) is 65.5 Å². The fourth-order valence-corrected chi connectivity index (χ4v) is 6.69. The number of nitrogens with zero attached hydrogens (tertiary/aromatic N) is 6. The van der Waals surface area contributed by atoms with E-state index in [1.807, 2.05) is 24.9 Å². The van der Waals surface area contributed by atoms with E-state index in [4.69, 9.17) is 37.5 Å². The molecule has 10 nitrogen and oxygen atoms in total. The van der Waals surface area contributed by atoms with Crippen molar-refractivity contribution < 1.29 is 27.0 Å². The second kappa shape index (κ2) is 12.2. The second-order valence-corrected chi connectivity index (χ2v) is 12.1. The standard InChI is InChI=1S/C31H33ClF4N8O2/c1-15-12-19(37)40-25(22(15)31(34,35)36)20-23(32)27-21-26(24(20)33)41-30(46-14-17-6-5-9-43(3)13-17)42-29(21)44(10-11-45-27)16(2)18-7-4-8-39-28(18)38/h4,7-8,12,16-17H,5-6,9-11,13-14H2,1-3H3,(H2,37,40)(H2,38,39)/t16-,17-/m1/s1. The monoisotopic (exact) mass is 660 g/mol. The molecule has 15 heteroatoms. The highest BCUT2D eigenvalue weighted by atomic mass is 35.5. The summed E-state index contributed by atoms with van der Waals surface area (Å²) in [6.07, 6.45) is -1.39. The highest BCUT2D eigenvalue weighted by Gasteiger charge is 2.40. The van der Waals surface area contributed by atoms with Crippen LogP contribution in [0.4, 0.5) is 35.0 Å². The zero-order chi connectivity index (χ0) is 32.9. The first-order valence-corrected chi connectivity index (χ1v) is 15.2. The molecule has 0 amide bonds. The molecule has 5 heterocycles. The first-order valence-electron chi connectivity index (χ1n) is 14.8. The molecule has 2 aliphatic heterocycles. The van der Waals surface area contributed by atoms with Gasteiger partial charge in [-0.2, -0.15) is 23.1 Å². The Kier molecular flexibility index (Phi) is 8.44. The highest BCUT2D eigenvalue weighted by molar-refractivity contribution is 6.36. The molecule has 0 bridgehead atoms. The molecule has 46 heavy (non-hydrogen) atoms. The topological polar surface area (TPSA) is 129 Å². The summed E-state index contributed by atoms with van der Waals surface area (Å²) in [5, 5.41) is -0.329. The Labute approximate surface area is 267 Å². The molecule has 0 unspecified atom stereocenters. The van der Waals surface area contributed by atoms with Gasteiger partial charge in [0.15, 0.2) is 11.6 Å². The van der Waals surface area contributed by atoms with Crippen LogP contribution in [-0.4, -0.2) is 64.7 Å². The van der Waals surface area contributed by atoms with Crippen LogP contribution in [0, 0.1) is 18.7 Å². The molecule has 1 saturated heterocycles. The predicted molar refractivity (Wildman–Crippen MR) is 168 cm³/mol. The second-order valence-electron chi connectivity index (χ2n) is 11.7.